The summed E-state index contributed by atoms with van der Waals surface area (Å²) in [6.07, 6.45) is 2.96. The van der Waals surface area contributed by atoms with Crippen LogP contribution < -0.4 is 5.32 Å². The Labute approximate surface area is 104 Å². The van der Waals surface area contributed by atoms with E-state index in [-0.39, 0.29) is 0 Å². The van der Waals surface area contributed by atoms with Gasteiger partial charge in [-0.1, -0.05) is 0 Å². The van der Waals surface area contributed by atoms with Crippen LogP contribution in [0.1, 0.15) is 37.6 Å². The lowest BCUT2D eigenvalue weighted by molar-refractivity contribution is 0.418. The monoisotopic (exact) mass is 234 g/mol. The molecule has 0 aromatic carbocycles. The van der Waals surface area contributed by atoms with Crippen LogP contribution in [0.5, 0.6) is 0 Å². The summed E-state index contributed by atoms with van der Waals surface area (Å²) in [5, 5.41) is 16.5. The normalized spacial score (nSPS) is 14.3. The van der Waals surface area contributed by atoms with Crippen molar-refractivity contribution in [1.82, 2.24) is 15.1 Å². The minimum Gasteiger partial charge on any atom is -0.303 e. The van der Waals surface area contributed by atoms with Gasteiger partial charge < -0.3 is 5.32 Å². The van der Waals surface area contributed by atoms with E-state index in [9.17, 15) is 0 Å². The third-order valence-corrected chi connectivity index (χ3v) is 3.20. The number of hydrogen-bond donors (Lipinski definition) is 1. The lowest BCUT2D eigenvalue weighted by atomic mass is 9.97. The molecule has 1 heterocycles. The summed E-state index contributed by atoms with van der Waals surface area (Å²) in [6.45, 7) is 6.96. The topological polar surface area (TPSA) is 53.6 Å². The smallest absolute Gasteiger partial charge is 0.103 e. The van der Waals surface area contributed by atoms with E-state index < -0.39 is 5.54 Å². The van der Waals surface area contributed by atoms with Crippen LogP contribution in [0.4, 0.5) is 0 Å². The van der Waals surface area contributed by atoms with Gasteiger partial charge >= 0.3 is 0 Å². The zero-order chi connectivity index (χ0) is 12.9. The Balaban J connectivity index is 2.34. The highest BCUT2D eigenvalue weighted by Crippen LogP contribution is 2.13. The summed E-state index contributed by atoms with van der Waals surface area (Å²) in [6, 6.07) is 4.40. The minimum atomic E-state index is -0.394. The second kappa shape index (κ2) is 5.83. The summed E-state index contributed by atoms with van der Waals surface area (Å²) in [4.78, 5) is 0. The molecule has 0 amide bonds. The number of nitrogens with zero attached hydrogens (tertiary/aromatic N) is 3. The molecular formula is C13H22N4. The first kappa shape index (κ1) is 13.7. The minimum absolute atomic E-state index is 0.394. The van der Waals surface area contributed by atoms with E-state index in [1.54, 1.807) is 0 Å². The van der Waals surface area contributed by atoms with Crippen LogP contribution >= 0.6 is 0 Å². The molecule has 4 heteroatoms. The average molecular weight is 234 g/mol. The number of hydrogen-bond acceptors (Lipinski definition) is 3. The van der Waals surface area contributed by atoms with Crippen molar-refractivity contribution in [1.29, 1.82) is 5.26 Å². The number of nitrogens with one attached hydrogen (secondary N) is 1. The Hall–Kier alpha value is -1.34. The maximum Gasteiger partial charge on any atom is 0.103 e. The van der Waals surface area contributed by atoms with E-state index in [0.717, 1.165) is 31.5 Å². The van der Waals surface area contributed by atoms with Gasteiger partial charge in [0.05, 0.1) is 11.8 Å². The van der Waals surface area contributed by atoms with Crippen molar-refractivity contribution in [2.75, 3.05) is 7.05 Å². The van der Waals surface area contributed by atoms with Crippen molar-refractivity contribution < 1.29 is 0 Å². The molecule has 1 aromatic rings. The van der Waals surface area contributed by atoms with Gasteiger partial charge in [-0.2, -0.15) is 10.4 Å². The van der Waals surface area contributed by atoms with E-state index in [4.69, 9.17) is 5.26 Å². The predicted molar refractivity (Wildman–Crippen MR) is 68.6 cm³/mol. The highest BCUT2D eigenvalue weighted by Gasteiger charge is 2.19. The maximum atomic E-state index is 9.02. The van der Waals surface area contributed by atoms with Gasteiger partial charge in [0.25, 0.3) is 0 Å². The van der Waals surface area contributed by atoms with Crippen LogP contribution in [0.2, 0.25) is 0 Å². The molecule has 1 N–H and O–H groups in total. The molecule has 94 valence electrons. The molecular weight excluding hydrogens is 212 g/mol. The van der Waals surface area contributed by atoms with Crippen LogP contribution in [0.3, 0.4) is 0 Å². The highest BCUT2D eigenvalue weighted by molar-refractivity contribution is 5.06. The van der Waals surface area contributed by atoms with Crippen LogP contribution in [0.15, 0.2) is 6.07 Å². The number of nitriles is 1. The third-order valence-electron chi connectivity index (χ3n) is 3.20. The Bertz CT molecular complexity index is 402. The first-order chi connectivity index (χ1) is 8.00. The van der Waals surface area contributed by atoms with Gasteiger partial charge in [0.15, 0.2) is 0 Å². The number of aromatic nitrogens is 2. The molecule has 4 nitrogen and oxygen atoms in total. The zero-order valence-corrected chi connectivity index (χ0v) is 11.2. The Morgan fingerprint density at radius 1 is 1.47 bits per heavy atom. The van der Waals surface area contributed by atoms with Crippen molar-refractivity contribution in [2.24, 2.45) is 0 Å². The first-order valence-electron chi connectivity index (χ1n) is 6.12. The fourth-order valence-corrected chi connectivity index (χ4v) is 1.88. The van der Waals surface area contributed by atoms with Crippen molar-refractivity contribution in [3.05, 3.63) is 17.5 Å². The fraction of sp³-hybridized carbons (Fsp3) is 0.692. The molecule has 17 heavy (non-hydrogen) atoms. The van der Waals surface area contributed by atoms with Crippen LogP contribution in [0, 0.1) is 25.2 Å². The van der Waals surface area contributed by atoms with Gasteiger partial charge in [-0.25, -0.2) is 0 Å². The molecule has 0 aliphatic heterocycles. The van der Waals surface area contributed by atoms with E-state index in [1.165, 1.54) is 5.69 Å². The Morgan fingerprint density at radius 2 is 2.18 bits per heavy atom. The molecule has 0 aliphatic carbocycles. The molecule has 1 rings (SSSR count). The predicted octanol–water partition coefficient (Wildman–Crippen LogP) is 2.17. The van der Waals surface area contributed by atoms with Crippen LogP contribution in [0.25, 0.3) is 0 Å². The van der Waals surface area contributed by atoms with Crippen LogP contribution in [-0.4, -0.2) is 22.4 Å². The molecule has 0 spiro atoms. The lowest BCUT2D eigenvalue weighted by Gasteiger charge is -2.20. The molecule has 1 unspecified atom stereocenters. The number of unbranched alkanes of at least 4 members (excludes halogenated alkanes) is 1. The van der Waals surface area contributed by atoms with E-state index in [0.29, 0.717) is 0 Å². The summed E-state index contributed by atoms with van der Waals surface area (Å²) < 4.78 is 2.04. The summed E-state index contributed by atoms with van der Waals surface area (Å²) in [7, 11) is 1.84. The average Bonchev–Trinajstić information content (AvgIpc) is 2.63. The molecule has 0 saturated heterocycles. The van der Waals surface area contributed by atoms with Gasteiger partial charge in [-0.15, -0.1) is 0 Å². The second-order valence-corrected chi connectivity index (χ2v) is 4.80. The van der Waals surface area contributed by atoms with Gasteiger partial charge in [-0.3, -0.25) is 4.68 Å². The molecule has 1 aromatic heterocycles. The molecule has 0 radical (unpaired) electrons. The summed E-state index contributed by atoms with van der Waals surface area (Å²) >= 11 is 0. The quantitative estimate of drug-likeness (QED) is 0.767. The fourth-order valence-electron chi connectivity index (χ4n) is 1.88. The van der Waals surface area contributed by atoms with Gasteiger partial charge in [0.2, 0.25) is 0 Å². The van der Waals surface area contributed by atoms with Crippen molar-refractivity contribution >= 4 is 0 Å². The van der Waals surface area contributed by atoms with Crippen molar-refractivity contribution in [3.63, 3.8) is 0 Å². The molecule has 0 bridgehead atoms. The van der Waals surface area contributed by atoms with Crippen LogP contribution in [-0.2, 0) is 6.54 Å². The summed E-state index contributed by atoms with van der Waals surface area (Å²) in [5.74, 6) is 0. The lowest BCUT2D eigenvalue weighted by Crippen LogP contribution is -2.37. The third kappa shape index (κ3) is 3.86. The summed E-state index contributed by atoms with van der Waals surface area (Å²) in [5.41, 5.74) is 1.88. The number of aryl methyl sites for hydroxylation is 3. The number of rotatable bonds is 6. The van der Waals surface area contributed by atoms with Gasteiger partial charge in [0, 0.05) is 12.2 Å². The van der Waals surface area contributed by atoms with Crippen molar-refractivity contribution in [2.45, 2.75) is 52.1 Å². The maximum absolute atomic E-state index is 9.02. The Morgan fingerprint density at radius 3 is 2.65 bits per heavy atom. The highest BCUT2D eigenvalue weighted by atomic mass is 15.3. The molecule has 0 saturated carbocycles. The van der Waals surface area contributed by atoms with Gasteiger partial charge in [0.1, 0.15) is 5.54 Å². The molecule has 0 fully saturated rings. The standard InChI is InChI=1S/C13H22N4/c1-11-9-12(2)17(16-11)8-6-5-7-13(3,10-14)15-4/h9,15H,5-8H2,1-4H3. The van der Waals surface area contributed by atoms with E-state index in [2.05, 4.69) is 29.5 Å². The molecule has 1 atom stereocenters. The van der Waals surface area contributed by atoms with Gasteiger partial charge in [-0.05, 0) is 53.1 Å². The first-order valence-corrected chi connectivity index (χ1v) is 6.12. The van der Waals surface area contributed by atoms with E-state index >= 15 is 0 Å². The Kier molecular flexibility index (Phi) is 4.71. The second-order valence-electron chi connectivity index (χ2n) is 4.80. The van der Waals surface area contributed by atoms with E-state index in [1.807, 2.05) is 25.6 Å². The SMILES string of the molecule is CNC(C)(C#N)CCCCn1nc(C)cc1C. The zero-order valence-electron chi connectivity index (χ0n) is 11.2. The largest absolute Gasteiger partial charge is 0.303 e. The van der Waals surface area contributed by atoms with Crippen molar-refractivity contribution in [3.8, 4) is 6.07 Å². The molecule has 0 aliphatic rings.